The maximum atomic E-state index is 12.6. The van der Waals surface area contributed by atoms with Gasteiger partial charge in [0.2, 0.25) is 0 Å². The summed E-state index contributed by atoms with van der Waals surface area (Å²) in [5.74, 6) is 0.995. The Morgan fingerprint density at radius 2 is 2.17 bits per heavy atom. The molecule has 23 heavy (non-hydrogen) atoms. The molecular formula is C17H18N2O2S2. The third kappa shape index (κ3) is 3.14. The first-order valence-electron chi connectivity index (χ1n) is 7.45. The van der Waals surface area contributed by atoms with Gasteiger partial charge in [-0.2, -0.15) is 0 Å². The second-order valence-corrected chi connectivity index (χ2v) is 7.24. The number of benzene rings is 1. The lowest BCUT2D eigenvalue weighted by molar-refractivity contribution is 0.0951. The van der Waals surface area contributed by atoms with Crippen LogP contribution in [-0.2, 0) is 6.42 Å². The van der Waals surface area contributed by atoms with Crippen LogP contribution in [0.2, 0.25) is 0 Å². The molecule has 1 atom stereocenters. The van der Waals surface area contributed by atoms with Crippen LogP contribution in [0.1, 0.15) is 29.3 Å². The maximum absolute atomic E-state index is 12.6. The molecule has 0 spiro atoms. The summed E-state index contributed by atoms with van der Waals surface area (Å²) in [5, 5.41) is 3.23. The Balaban J connectivity index is 2.12. The van der Waals surface area contributed by atoms with E-state index in [9.17, 15) is 4.79 Å². The number of fused-ring (bicyclic) bond motifs is 1. The summed E-state index contributed by atoms with van der Waals surface area (Å²) in [6.07, 6.45) is 3.17. The van der Waals surface area contributed by atoms with Gasteiger partial charge in [0.25, 0.3) is 5.17 Å². The van der Waals surface area contributed by atoms with E-state index in [-0.39, 0.29) is 5.78 Å². The van der Waals surface area contributed by atoms with Crippen LogP contribution < -0.4 is 4.74 Å². The Kier molecular flexibility index (Phi) is 4.46. The van der Waals surface area contributed by atoms with Crippen molar-refractivity contribution < 1.29 is 9.53 Å². The zero-order valence-corrected chi connectivity index (χ0v) is 15.0. The van der Waals surface area contributed by atoms with Gasteiger partial charge in [0.05, 0.1) is 5.56 Å². The van der Waals surface area contributed by atoms with Crippen LogP contribution in [0.4, 0.5) is 0 Å². The Hall–Kier alpha value is -1.79. The first kappa shape index (κ1) is 16.1. The molecule has 0 saturated heterocycles. The minimum absolute atomic E-state index is 0.119. The van der Waals surface area contributed by atoms with E-state index in [0.29, 0.717) is 28.8 Å². The highest BCUT2D eigenvalue weighted by Crippen LogP contribution is 2.39. The molecule has 1 aliphatic rings. The van der Waals surface area contributed by atoms with Crippen LogP contribution in [0.3, 0.4) is 0 Å². The van der Waals surface area contributed by atoms with Crippen molar-refractivity contribution in [3.8, 4) is 16.3 Å². The first-order valence-corrected chi connectivity index (χ1v) is 8.74. The second-order valence-electron chi connectivity index (χ2n) is 6.00. The molecule has 0 amide bonds. The topological polar surface area (TPSA) is 42.4 Å². The maximum Gasteiger partial charge on any atom is 0.264 e. The van der Waals surface area contributed by atoms with Crippen molar-refractivity contribution in [2.75, 3.05) is 14.1 Å². The molecule has 0 aliphatic heterocycles. The molecule has 4 nitrogen and oxygen atoms in total. The average Bonchev–Trinajstić information content (AvgIpc) is 3.00. The minimum atomic E-state index is 0.119. The van der Waals surface area contributed by atoms with Crippen LogP contribution >= 0.6 is 23.6 Å². The van der Waals surface area contributed by atoms with Gasteiger partial charge >= 0.3 is 0 Å². The number of ketones is 1. The monoisotopic (exact) mass is 346 g/mol. The summed E-state index contributed by atoms with van der Waals surface area (Å²) < 4.78 is 5.77. The number of carbonyl (C=O) groups excluding carboxylic acids is 1. The molecule has 0 fully saturated rings. The smallest absolute Gasteiger partial charge is 0.264 e. The third-order valence-electron chi connectivity index (χ3n) is 3.87. The highest BCUT2D eigenvalue weighted by Gasteiger charge is 2.29. The van der Waals surface area contributed by atoms with E-state index < -0.39 is 0 Å². The molecule has 1 unspecified atom stereocenters. The summed E-state index contributed by atoms with van der Waals surface area (Å²) in [6, 6.07) is 3.82. The Morgan fingerprint density at radius 1 is 1.39 bits per heavy atom. The van der Waals surface area contributed by atoms with Crippen molar-refractivity contribution >= 4 is 34.5 Å². The largest absolute Gasteiger partial charge is 0.431 e. The number of aromatic nitrogens is 1. The van der Waals surface area contributed by atoms with Gasteiger partial charge in [0, 0.05) is 37.7 Å². The van der Waals surface area contributed by atoms with Gasteiger partial charge in [-0.05, 0) is 42.3 Å². The first-order chi connectivity index (χ1) is 11.0. The number of Topliss-reactive ketones (excluding diaryl/α,β-unsaturated/α-hetero) is 1. The Bertz CT molecular complexity index is 754. The summed E-state index contributed by atoms with van der Waals surface area (Å²) in [7, 11) is 3.64. The number of hydrogen-bond donors (Lipinski definition) is 0. The molecule has 1 aliphatic carbocycles. The predicted octanol–water partition coefficient (Wildman–Crippen LogP) is 3.80. The fourth-order valence-electron chi connectivity index (χ4n) is 2.81. The summed E-state index contributed by atoms with van der Waals surface area (Å²) >= 11 is 6.80. The van der Waals surface area contributed by atoms with Gasteiger partial charge < -0.3 is 9.64 Å². The number of hydrogen-bond acceptors (Lipinski definition) is 5. The highest BCUT2D eigenvalue weighted by molar-refractivity contribution is 7.80. The van der Waals surface area contributed by atoms with E-state index in [1.165, 1.54) is 0 Å². The number of carbonyl (C=O) groups is 1. The van der Waals surface area contributed by atoms with Gasteiger partial charge in [-0.15, -0.1) is 11.3 Å². The Morgan fingerprint density at radius 3 is 2.83 bits per heavy atom. The minimum Gasteiger partial charge on any atom is -0.431 e. The van der Waals surface area contributed by atoms with E-state index in [4.69, 9.17) is 17.0 Å². The quantitative estimate of drug-likeness (QED) is 0.774. The zero-order chi connectivity index (χ0) is 16.6. The summed E-state index contributed by atoms with van der Waals surface area (Å²) in [4.78, 5) is 18.7. The van der Waals surface area contributed by atoms with Crippen LogP contribution in [0, 0.1) is 5.92 Å². The van der Waals surface area contributed by atoms with Crippen LogP contribution in [-0.4, -0.2) is 34.9 Å². The normalized spacial score (nSPS) is 16.8. The molecular weight excluding hydrogens is 328 g/mol. The molecule has 0 bridgehead atoms. The van der Waals surface area contributed by atoms with Gasteiger partial charge in [0.1, 0.15) is 10.8 Å². The van der Waals surface area contributed by atoms with E-state index in [1.54, 1.807) is 22.4 Å². The molecule has 3 rings (SSSR count). The van der Waals surface area contributed by atoms with Crippen molar-refractivity contribution in [2.45, 2.75) is 19.8 Å². The molecule has 0 N–H and O–H groups in total. The number of nitrogens with zero attached hydrogens (tertiary/aromatic N) is 2. The van der Waals surface area contributed by atoms with Crippen molar-refractivity contribution in [1.29, 1.82) is 0 Å². The number of rotatable bonds is 2. The molecule has 1 aromatic carbocycles. The van der Waals surface area contributed by atoms with Crippen LogP contribution in [0.25, 0.3) is 10.6 Å². The average molecular weight is 346 g/mol. The molecule has 0 saturated carbocycles. The number of ether oxygens (including phenoxy) is 1. The molecule has 1 heterocycles. The van der Waals surface area contributed by atoms with Crippen molar-refractivity contribution in [3.63, 3.8) is 0 Å². The van der Waals surface area contributed by atoms with E-state index in [1.807, 2.05) is 31.6 Å². The molecule has 2 aromatic rings. The van der Waals surface area contributed by atoms with Crippen LogP contribution in [0.5, 0.6) is 5.75 Å². The van der Waals surface area contributed by atoms with E-state index in [0.717, 1.165) is 22.6 Å². The van der Waals surface area contributed by atoms with Crippen LogP contribution in [0.15, 0.2) is 23.7 Å². The number of thiocarbonyl (C=S) groups is 1. The Labute approximate surface area is 145 Å². The molecule has 120 valence electrons. The van der Waals surface area contributed by atoms with Gasteiger partial charge in [0.15, 0.2) is 5.78 Å². The predicted molar refractivity (Wildman–Crippen MR) is 96.3 cm³/mol. The number of thiazole rings is 1. The SMILES string of the molecule is CC1CC(=O)c2c(OC(=S)N(C)C)ccc(-c3nccs3)c2C1. The van der Waals surface area contributed by atoms with Gasteiger partial charge in [-0.1, -0.05) is 6.92 Å². The van der Waals surface area contributed by atoms with Crippen molar-refractivity contribution in [1.82, 2.24) is 9.88 Å². The zero-order valence-electron chi connectivity index (χ0n) is 13.3. The van der Waals surface area contributed by atoms with E-state index in [2.05, 4.69) is 11.9 Å². The molecule has 1 aromatic heterocycles. The fourth-order valence-corrected chi connectivity index (χ4v) is 3.59. The lowest BCUT2D eigenvalue weighted by atomic mass is 9.81. The highest BCUT2D eigenvalue weighted by atomic mass is 32.1. The molecule has 6 heteroatoms. The van der Waals surface area contributed by atoms with Crippen molar-refractivity contribution in [2.24, 2.45) is 5.92 Å². The van der Waals surface area contributed by atoms with Crippen molar-refractivity contribution in [3.05, 3.63) is 34.8 Å². The lowest BCUT2D eigenvalue weighted by Crippen LogP contribution is -2.27. The van der Waals surface area contributed by atoms with Gasteiger partial charge in [-0.25, -0.2) is 4.98 Å². The van der Waals surface area contributed by atoms with Gasteiger partial charge in [-0.3, -0.25) is 4.79 Å². The third-order valence-corrected chi connectivity index (χ3v) is 5.12. The summed E-state index contributed by atoms with van der Waals surface area (Å²) in [6.45, 7) is 2.10. The molecule has 0 radical (unpaired) electrons. The lowest BCUT2D eigenvalue weighted by Gasteiger charge is -2.25. The summed E-state index contributed by atoms with van der Waals surface area (Å²) in [5.41, 5.74) is 2.72. The van der Waals surface area contributed by atoms with E-state index >= 15 is 0 Å². The second kappa shape index (κ2) is 6.37. The fraction of sp³-hybridized carbons (Fsp3) is 0.353. The standard InChI is InChI=1S/C17H18N2O2S2/c1-10-8-12-11(16-18-6-7-23-16)4-5-14(15(12)13(20)9-10)21-17(22)19(2)3/h4-7,10H,8-9H2,1-3H3.